The SMILES string of the molecule is C1=Cc2cc3c(cc2C1)C=CC3.C1=Cc2ccccc2Cc2ccccc21.c1c2c(cc3c1CCC3)CCC2.c1ccc2c(c1)CCc1ccccc1C2.c1ccc2c(c1)ccc1ccccc12. The summed E-state index contributed by atoms with van der Waals surface area (Å²) >= 11 is 0. The van der Waals surface area contributed by atoms with Crippen molar-refractivity contribution in [2.45, 2.75) is 77.0 Å². The molecule has 0 N–H and O–H groups in total. The highest BCUT2D eigenvalue weighted by Crippen LogP contribution is 2.32. The van der Waals surface area contributed by atoms with E-state index in [1.54, 1.807) is 22.3 Å². The van der Waals surface area contributed by atoms with Gasteiger partial charge in [-0.2, -0.15) is 0 Å². The topological polar surface area (TPSA) is 0 Å². The lowest BCUT2D eigenvalue weighted by molar-refractivity contribution is 0.897. The van der Waals surface area contributed by atoms with Crippen LogP contribution in [-0.4, -0.2) is 0 Å². The van der Waals surface area contributed by atoms with E-state index in [9.17, 15) is 0 Å². The third-order valence-electron chi connectivity index (χ3n) is 14.8. The molecule has 0 heterocycles. The van der Waals surface area contributed by atoms with Crippen LogP contribution in [0.25, 0.3) is 45.8 Å². The van der Waals surface area contributed by atoms with Crippen LogP contribution in [0.15, 0.2) is 194 Å². The molecule has 0 aromatic heterocycles. The van der Waals surface area contributed by atoms with Crippen molar-refractivity contribution in [1.82, 2.24) is 0 Å². The molecule has 0 bridgehead atoms. The highest BCUT2D eigenvalue weighted by Gasteiger charge is 2.18. The maximum Gasteiger partial charge on any atom is -0.00139 e. The van der Waals surface area contributed by atoms with Crippen LogP contribution in [0, 0.1) is 0 Å². The summed E-state index contributed by atoms with van der Waals surface area (Å²) in [7, 11) is 0. The zero-order valence-electron chi connectivity index (χ0n) is 39.3. The van der Waals surface area contributed by atoms with E-state index >= 15 is 0 Å². The summed E-state index contributed by atoms with van der Waals surface area (Å²) in [6.45, 7) is 0. The molecule has 68 heavy (non-hydrogen) atoms. The quantitative estimate of drug-likeness (QED) is 0.133. The lowest BCUT2D eigenvalue weighted by Gasteiger charge is -2.04. The number of hydrogen-bond acceptors (Lipinski definition) is 0. The van der Waals surface area contributed by atoms with Gasteiger partial charge < -0.3 is 0 Å². The zero-order chi connectivity index (χ0) is 45.5. The van der Waals surface area contributed by atoms with Gasteiger partial charge in [-0.05, 0) is 188 Å². The molecule has 9 aromatic rings. The first kappa shape index (κ1) is 43.3. The van der Waals surface area contributed by atoms with Gasteiger partial charge in [0, 0.05) is 0 Å². The Morgan fingerprint density at radius 3 is 1.06 bits per heavy atom. The van der Waals surface area contributed by atoms with E-state index in [4.69, 9.17) is 0 Å². The molecule has 0 amide bonds. The zero-order valence-corrected chi connectivity index (χ0v) is 39.3. The summed E-state index contributed by atoms with van der Waals surface area (Å²) in [5, 5.41) is 5.30. The molecule has 0 aliphatic heterocycles. The Balaban J connectivity index is 0.0000000935. The molecule has 0 radical (unpaired) electrons. The fourth-order valence-corrected chi connectivity index (χ4v) is 11.2. The molecule has 0 fully saturated rings. The predicted molar refractivity (Wildman–Crippen MR) is 292 cm³/mol. The summed E-state index contributed by atoms with van der Waals surface area (Å²) in [5.41, 5.74) is 24.0. The van der Waals surface area contributed by atoms with E-state index in [1.807, 2.05) is 0 Å². The minimum absolute atomic E-state index is 1.04. The van der Waals surface area contributed by atoms with Gasteiger partial charge in [0.2, 0.25) is 0 Å². The van der Waals surface area contributed by atoms with Crippen molar-refractivity contribution < 1.29 is 0 Å². The number of aryl methyl sites for hydroxylation is 6. The third-order valence-corrected chi connectivity index (χ3v) is 14.8. The molecule has 332 valence electrons. The van der Waals surface area contributed by atoms with Crippen LogP contribution in [0.4, 0.5) is 0 Å². The van der Waals surface area contributed by atoms with E-state index in [2.05, 4.69) is 218 Å². The summed E-state index contributed by atoms with van der Waals surface area (Å²) in [4.78, 5) is 0. The minimum Gasteiger partial charge on any atom is -0.0795 e. The highest BCUT2D eigenvalue weighted by atomic mass is 14.2. The van der Waals surface area contributed by atoms with Crippen molar-refractivity contribution in [1.29, 1.82) is 0 Å². The minimum atomic E-state index is 1.04. The first-order chi connectivity index (χ1) is 33.7. The molecule has 0 nitrogen and oxygen atoms in total. The molecule has 6 aliphatic carbocycles. The second kappa shape index (κ2) is 20.3. The summed E-state index contributed by atoms with van der Waals surface area (Å²) in [6.07, 6.45) is 28.2. The lowest BCUT2D eigenvalue weighted by Crippen LogP contribution is -1.90. The Hall–Kier alpha value is -7.28. The number of fused-ring (bicyclic) bond motifs is 11. The van der Waals surface area contributed by atoms with Crippen LogP contribution in [0.2, 0.25) is 0 Å². The summed E-state index contributed by atoms with van der Waals surface area (Å²) in [5.74, 6) is 0. The van der Waals surface area contributed by atoms with Crippen LogP contribution in [0.5, 0.6) is 0 Å². The van der Waals surface area contributed by atoms with Crippen molar-refractivity contribution in [3.05, 3.63) is 283 Å². The number of rotatable bonds is 0. The Morgan fingerprint density at radius 2 is 0.603 bits per heavy atom. The lowest BCUT2D eigenvalue weighted by atomic mass is 10.0. The van der Waals surface area contributed by atoms with E-state index in [-0.39, 0.29) is 0 Å². The van der Waals surface area contributed by atoms with Gasteiger partial charge in [0.05, 0.1) is 0 Å². The first-order valence-electron chi connectivity index (χ1n) is 25.1. The average molecular weight is 877 g/mol. The molecular weight excluding hydrogens is 817 g/mol. The largest absolute Gasteiger partial charge is 0.0795 e. The molecule has 0 atom stereocenters. The number of benzene rings is 9. The van der Waals surface area contributed by atoms with Gasteiger partial charge in [-0.25, -0.2) is 0 Å². The van der Waals surface area contributed by atoms with Gasteiger partial charge in [0.25, 0.3) is 0 Å². The Morgan fingerprint density at radius 1 is 0.235 bits per heavy atom. The molecular formula is C68H60. The monoisotopic (exact) mass is 876 g/mol. The van der Waals surface area contributed by atoms with Gasteiger partial charge in [-0.1, -0.05) is 218 Å². The maximum atomic E-state index is 2.48. The van der Waals surface area contributed by atoms with Crippen molar-refractivity contribution in [3.63, 3.8) is 0 Å². The Labute approximate surface area is 404 Å². The van der Waals surface area contributed by atoms with Crippen LogP contribution in [0.1, 0.15) is 102 Å². The van der Waals surface area contributed by atoms with Gasteiger partial charge >= 0.3 is 0 Å². The molecule has 0 spiro atoms. The summed E-state index contributed by atoms with van der Waals surface area (Å²) < 4.78 is 0. The third kappa shape index (κ3) is 9.74. The second-order valence-corrected chi connectivity index (χ2v) is 19.2. The summed E-state index contributed by atoms with van der Waals surface area (Å²) in [6, 6.07) is 65.8. The van der Waals surface area contributed by atoms with Gasteiger partial charge in [-0.3, -0.25) is 0 Å². The van der Waals surface area contributed by atoms with Crippen LogP contribution in [-0.2, 0) is 64.2 Å². The molecule has 15 rings (SSSR count). The first-order valence-corrected chi connectivity index (χ1v) is 25.1. The van der Waals surface area contributed by atoms with E-state index in [0.29, 0.717) is 0 Å². The Kier molecular flexibility index (Phi) is 12.9. The maximum absolute atomic E-state index is 2.48. The number of allylic oxidation sites excluding steroid dienone is 2. The smallest absolute Gasteiger partial charge is 0.00139 e. The van der Waals surface area contributed by atoms with Gasteiger partial charge in [0.15, 0.2) is 0 Å². The highest BCUT2D eigenvalue weighted by molar-refractivity contribution is 6.07. The van der Waals surface area contributed by atoms with Crippen LogP contribution < -0.4 is 0 Å². The molecule has 0 heteroatoms. The average Bonchev–Trinajstić information content (AvgIpc) is 4.21. The Bertz CT molecular complexity index is 3100. The predicted octanol–water partition coefficient (Wildman–Crippen LogP) is 16.6. The second-order valence-electron chi connectivity index (χ2n) is 19.2. The van der Waals surface area contributed by atoms with Crippen LogP contribution in [0.3, 0.4) is 0 Å². The normalized spacial score (nSPS) is 14.5. The number of hydrogen-bond donors (Lipinski definition) is 0. The van der Waals surface area contributed by atoms with Crippen molar-refractivity contribution in [3.8, 4) is 0 Å². The standard InChI is InChI=1S/C15H14.C15H12.C14H10.C12H14.C12H10/c2*1-3-7-14-11-15-8-4-2-6-13(15)10-9-12(14)5-1;1-3-7-13-11(5-1)9-10-12-6-2-4-8-14(12)13;2*1-3-9-7-11-5-2-6-12(11)8-10(9)4-1/h1-8H,9-11H2;1-10H,11H2;1-10H;7-8H,1-6H2;1-3,6-8H,4-5H2. The molecule has 9 aromatic carbocycles. The fourth-order valence-electron chi connectivity index (χ4n) is 11.2. The van der Waals surface area contributed by atoms with Gasteiger partial charge in [0.1, 0.15) is 0 Å². The van der Waals surface area contributed by atoms with Crippen molar-refractivity contribution >= 4 is 45.8 Å². The van der Waals surface area contributed by atoms with E-state index in [0.717, 1.165) is 25.7 Å². The fraction of sp³-hybridized carbons (Fsp3) is 0.176. The molecule has 0 saturated carbocycles. The molecule has 0 saturated heterocycles. The van der Waals surface area contributed by atoms with E-state index in [1.165, 1.54) is 140 Å². The molecule has 0 unspecified atom stereocenters. The van der Waals surface area contributed by atoms with Crippen molar-refractivity contribution in [2.75, 3.05) is 0 Å². The van der Waals surface area contributed by atoms with Crippen molar-refractivity contribution in [2.24, 2.45) is 0 Å². The van der Waals surface area contributed by atoms with Gasteiger partial charge in [-0.15, -0.1) is 0 Å². The molecule has 6 aliphatic rings. The van der Waals surface area contributed by atoms with Crippen LogP contribution >= 0.6 is 0 Å². The van der Waals surface area contributed by atoms with E-state index < -0.39 is 0 Å².